The number of carbonyl (C=O) groups is 2. The Hall–Kier alpha value is -6.44. The minimum atomic E-state index is -0.367. The Balaban J connectivity index is 0.859. The largest absolute Gasteiger partial charge is 0.490 e. The van der Waals surface area contributed by atoms with E-state index in [1.54, 1.807) is 78.0 Å². The number of oxazole rings is 1. The van der Waals surface area contributed by atoms with E-state index >= 15 is 0 Å². The molecule has 17 heteroatoms. The van der Waals surface area contributed by atoms with E-state index in [0.717, 1.165) is 70.3 Å². The van der Waals surface area contributed by atoms with Gasteiger partial charge in [0.2, 0.25) is 5.91 Å². The van der Waals surface area contributed by atoms with Gasteiger partial charge in [-0.1, -0.05) is 35.9 Å². The van der Waals surface area contributed by atoms with Crippen LogP contribution in [0.2, 0.25) is 5.02 Å². The van der Waals surface area contributed by atoms with Gasteiger partial charge in [0.25, 0.3) is 5.91 Å². The van der Waals surface area contributed by atoms with E-state index < -0.39 is 0 Å². The van der Waals surface area contributed by atoms with E-state index in [1.807, 2.05) is 25.1 Å². The van der Waals surface area contributed by atoms with E-state index in [4.69, 9.17) is 31.0 Å². The molecule has 15 nitrogen and oxygen atoms in total. The average molecular weight is 858 g/mol. The smallest absolute Gasteiger partial charge is 0.272 e. The third kappa shape index (κ3) is 8.89. The first-order valence-electron chi connectivity index (χ1n) is 20.0. The summed E-state index contributed by atoms with van der Waals surface area (Å²) >= 11 is 7.86. The van der Waals surface area contributed by atoms with Crippen molar-refractivity contribution in [1.29, 1.82) is 5.26 Å². The Morgan fingerprint density at radius 2 is 1.80 bits per heavy atom. The number of nitrogens with zero attached hydrogens (tertiary/aromatic N) is 10. The van der Waals surface area contributed by atoms with Crippen LogP contribution in [-0.4, -0.2) is 85.2 Å². The van der Waals surface area contributed by atoms with Crippen LogP contribution < -0.4 is 15.0 Å². The van der Waals surface area contributed by atoms with Crippen molar-refractivity contribution in [3.8, 4) is 16.8 Å². The monoisotopic (exact) mass is 857 g/mol. The van der Waals surface area contributed by atoms with Gasteiger partial charge in [-0.3, -0.25) is 19.1 Å². The first-order chi connectivity index (χ1) is 29.4. The molecule has 0 spiro atoms. The number of aromatic nitrogens is 6. The molecular formula is C44H44ClN11O4S. The number of hydrogen-bond donors (Lipinski definition) is 1. The molecule has 6 aromatic rings. The number of aliphatic imine (C=N–C) groups is 1. The first kappa shape index (κ1) is 41.3. The fourth-order valence-corrected chi connectivity index (χ4v) is 9.09. The van der Waals surface area contributed by atoms with Crippen molar-refractivity contribution < 1.29 is 18.7 Å². The van der Waals surface area contributed by atoms with E-state index in [1.165, 1.54) is 4.88 Å². The van der Waals surface area contributed by atoms with Gasteiger partial charge in [0.1, 0.15) is 34.9 Å². The summed E-state index contributed by atoms with van der Waals surface area (Å²) in [6.07, 6.45) is 6.63. The molecular weight excluding hydrogens is 814 g/mol. The van der Waals surface area contributed by atoms with Crippen molar-refractivity contribution in [2.24, 2.45) is 4.99 Å². The Bertz CT molecular complexity index is 2630. The number of fused-ring (bicyclic) bond motifs is 3. The quantitative estimate of drug-likeness (QED) is 0.135. The van der Waals surface area contributed by atoms with Crippen LogP contribution in [0, 0.1) is 32.1 Å². The molecule has 0 unspecified atom stereocenters. The molecule has 312 valence electrons. The fraction of sp³-hybridized carbons (Fsp3) is 0.341. The lowest BCUT2D eigenvalue weighted by molar-refractivity contribution is -0.128. The molecule has 0 bridgehead atoms. The van der Waals surface area contributed by atoms with Crippen LogP contribution in [0.1, 0.15) is 92.4 Å². The number of rotatable bonds is 12. The molecule has 1 fully saturated rings. The molecule has 61 heavy (non-hydrogen) atoms. The van der Waals surface area contributed by atoms with Crippen molar-refractivity contribution in [2.75, 3.05) is 25.5 Å². The molecule has 2 aliphatic rings. The molecule has 0 radical (unpaired) electrons. The van der Waals surface area contributed by atoms with Gasteiger partial charge in [-0.05, 0) is 81.8 Å². The number of halogens is 1. The number of ether oxygens (including phenoxy) is 1. The second-order valence-electron chi connectivity index (χ2n) is 15.4. The van der Waals surface area contributed by atoms with Gasteiger partial charge in [0.05, 0.1) is 41.6 Å². The van der Waals surface area contributed by atoms with Crippen LogP contribution in [0.5, 0.6) is 5.75 Å². The second-order valence-corrected chi connectivity index (χ2v) is 17.0. The van der Waals surface area contributed by atoms with Gasteiger partial charge in [0.15, 0.2) is 23.2 Å². The lowest BCUT2D eigenvalue weighted by atomic mass is 9.93. The van der Waals surface area contributed by atoms with Gasteiger partial charge in [-0.2, -0.15) is 5.26 Å². The fourth-order valence-electron chi connectivity index (χ4n) is 7.67. The SMILES string of the molecule is Cc1sc2c(c1C)C(c1ccc(CN(C)C(=O)CN(C)c3ccc(C(=O)NC4CCC(Oc5ccc(C#N)c(Cl)c5)CC4)nn3)cc1)=N[C@@H](Cc1ncco1)c1nnc(C)n1-2. The summed E-state index contributed by atoms with van der Waals surface area (Å²) in [6.45, 7) is 6.67. The van der Waals surface area contributed by atoms with E-state index in [-0.39, 0.29) is 42.2 Å². The summed E-state index contributed by atoms with van der Waals surface area (Å²) < 4.78 is 13.8. The highest BCUT2D eigenvalue weighted by Crippen LogP contribution is 2.39. The van der Waals surface area contributed by atoms with Crippen molar-refractivity contribution in [1.82, 2.24) is 40.2 Å². The maximum atomic E-state index is 13.4. The Labute approximate surface area is 362 Å². The molecule has 1 atom stereocenters. The summed E-state index contributed by atoms with van der Waals surface area (Å²) in [6, 6.07) is 18.2. The second kappa shape index (κ2) is 17.6. The van der Waals surface area contributed by atoms with Crippen molar-refractivity contribution in [3.63, 3.8) is 0 Å². The van der Waals surface area contributed by atoms with Crippen LogP contribution >= 0.6 is 22.9 Å². The van der Waals surface area contributed by atoms with Crippen LogP contribution in [-0.2, 0) is 17.8 Å². The number of amides is 2. The molecule has 0 saturated heterocycles. The minimum Gasteiger partial charge on any atom is -0.490 e. The van der Waals surface area contributed by atoms with E-state index in [0.29, 0.717) is 41.0 Å². The number of anilines is 1. The van der Waals surface area contributed by atoms with E-state index in [2.05, 4.69) is 61.2 Å². The summed E-state index contributed by atoms with van der Waals surface area (Å²) in [7, 11) is 3.54. The molecule has 1 N–H and O–H groups in total. The average Bonchev–Trinajstić information content (AvgIpc) is 3.97. The highest BCUT2D eigenvalue weighted by molar-refractivity contribution is 7.15. The third-order valence-corrected chi connectivity index (χ3v) is 12.7. The van der Waals surface area contributed by atoms with Gasteiger partial charge in [0, 0.05) is 48.8 Å². The predicted octanol–water partition coefficient (Wildman–Crippen LogP) is 6.91. The number of nitrogens with one attached hydrogen (secondary N) is 1. The first-order valence-corrected chi connectivity index (χ1v) is 21.2. The summed E-state index contributed by atoms with van der Waals surface area (Å²) in [5.74, 6) is 2.80. The lowest BCUT2D eigenvalue weighted by Gasteiger charge is -2.29. The molecule has 2 amide bonds. The number of hydrogen-bond acceptors (Lipinski definition) is 13. The number of aryl methyl sites for hydroxylation is 2. The van der Waals surface area contributed by atoms with Crippen LogP contribution in [0.3, 0.4) is 0 Å². The van der Waals surface area contributed by atoms with Crippen LogP contribution in [0.4, 0.5) is 5.82 Å². The molecule has 1 aliphatic carbocycles. The van der Waals surface area contributed by atoms with Gasteiger partial charge in [-0.25, -0.2) is 4.98 Å². The predicted molar refractivity (Wildman–Crippen MR) is 231 cm³/mol. The molecule has 4 aromatic heterocycles. The zero-order valence-corrected chi connectivity index (χ0v) is 36.0. The highest BCUT2D eigenvalue weighted by Gasteiger charge is 2.32. The Kier molecular flexibility index (Phi) is 12.0. The maximum absolute atomic E-state index is 13.4. The standard InChI is InChI=1S/C44H44ClN11O4S/c1-25-26(2)61-44-40(25)41(49-36(21-38-47-18-19-59-38)42-53-50-27(3)56(42)44)29-8-6-28(7-9-29)23-55(5)39(57)24-54(4)37-17-16-35(51-52-37)43(58)48-31-11-14-32(15-12-31)60-33-13-10-30(22-46)34(45)20-33/h6-10,13,16-20,31-32,36H,11-12,14-15,21,23-24H2,1-5H3,(H,48,58)/t31?,32?,36-/m0/s1. The molecule has 8 rings (SSSR count). The van der Waals surface area contributed by atoms with Gasteiger partial charge < -0.3 is 24.3 Å². The van der Waals surface area contributed by atoms with Crippen molar-refractivity contribution in [2.45, 2.75) is 77.6 Å². The van der Waals surface area contributed by atoms with Gasteiger partial charge in [-0.15, -0.1) is 31.7 Å². The molecule has 5 heterocycles. The maximum Gasteiger partial charge on any atom is 0.272 e. The number of benzene rings is 2. The number of thiophene rings is 1. The number of likely N-dealkylation sites (N-methyl/N-ethyl adjacent to an activating group) is 2. The number of carbonyl (C=O) groups excluding carboxylic acids is 2. The lowest BCUT2D eigenvalue weighted by Crippen LogP contribution is -2.40. The van der Waals surface area contributed by atoms with Crippen molar-refractivity contribution in [3.05, 3.63) is 128 Å². The van der Waals surface area contributed by atoms with Crippen LogP contribution in [0.15, 0.2) is 76.5 Å². The molecule has 1 saturated carbocycles. The minimum absolute atomic E-state index is 0.00827. The normalized spacial score (nSPS) is 17.0. The van der Waals surface area contributed by atoms with Gasteiger partial charge >= 0.3 is 0 Å². The number of nitriles is 1. The molecule has 1 aliphatic heterocycles. The van der Waals surface area contributed by atoms with Crippen molar-refractivity contribution >= 4 is 46.3 Å². The highest BCUT2D eigenvalue weighted by atomic mass is 35.5. The molecule has 2 aromatic carbocycles. The third-order valence-electron chi connectivity index (χ3n) is 11.2. The van der Waals surface area contributed by atoms with E-state index in [9.17, 15) is 9.59 Å². The zero-order valence-electron chi connectivity index (χ0n) is 34.4. The zero-order chi connectivity index (χ0) is 42.8. The van der Waals surface area contributed by atoms with Crippen LogP contribution in [0.25, 0.3) is 5.00 Å². The summed E-state index contributed by atoms with van der Waals surface area (Å²) in [5.41, 5.74) is 5.60. The summed E-state index contributed by atoms with van der Waals surface area (Å²) in [5, 5.41) is 31.0. The Morgan fingerprint density at radius 1 is 1.02 bits per heavy atom. The Morgan fingerprint density at radius 3 is 2.49 bits per heavy atom. The summed E-state index contributed by atoms with van der Waals surface area (Å²) in [4.78, 5) is 40.7. The topological polar surface area (TPSA) is 181 Å².